The quantitative estimate of drug-likeness (QED) is 0.110. The fourth-order valence-corrected chi connectivity index (χ4v) is 22.0. The Morgan fingerprint density at radius 1 is 0.113 bits per heavy atom. The Bertz CT molecular complexity index is 10200. The van der Waals surface area contributed by atoms with E-state index < -0.39 is 0 Å². The molecular weight excluding hydrogens is 1830 g/mol. The van der Waals surface area contributed by atoms with Crippen LogP contribution in [0.25, 0.3) is 278 Å². The maximum absolute atomic E-state index is 5.37. The first-order chi connectivity index (χ1) is 74.4. The van der Waals surface area contributed by atoms with Gasteiger partial charge in [0.2, 0.25) is 17.8 Å². The molecule has 0 aliphatic carbocycles. The third-order valence-corrected chi connectivity index (χ3v) is 29.1. The molecule has 19 aromatic carbocycles. The van der Waals surface area contributed by atoms with Crippen molar-refractivity contribution in [3.05, 3.63) is 516 Å². The zero-order valence-electron chi connectivity index (χ0n) is 80.8. The normalized spacial score (nSPS) is 11.7. The lowest BCUT2D eigenvalue weighted by atomic mass is 9.97. The number of para-hydroxylation sites is 12. The van der Waals surface area contributed by atoms with Gasteiger partial charge in [-0.2, -0.15) is 0 Å². The third kappa shape index (κ3) is 14.8. The highest BCUT2D eigenvalue weighted by molar-refractivity contribution is 6.14. The fraction of sp³-hybridized carbons (Fsp3) is 0. The Balaban J connectivity index is 0.000000106. The molecule has 0 aliphatic rings. The molecule has 0 unspecified atom stereocenters. The second-order valence-electron chi connectivity index (χ2n) is 38.0. The Hall–Kier alpha value is -20.6. The summed E-state index contributed by atoms with van der Waals surface area (Å²) in [6.07, 6.45) is 0. The van der Waals surface area contributed by atoms with E-state index in [1.807, 2.05) is 60.7 Å². The Labute approximate surface area is 859 Å². The van der Waals surface area contributed by atoms with Crippen molar-refractivity contribution < 1.29 is 0 Å². The molecule has 0 radical (unpaired) electrons. The maximum atomic E-state index is 5.37. The van der Waals surface area contributed by atoms with E-state index in [9.17, 15) is 0 Å². The molecule has 15 nitrogen and oxygen atoms in total. The number of nitrogens with zero attached hydrogens (tertiary/aromatic N) is 15. The van der Waals surface area contributed by atoms with Crippen LogP contribution in [-0.2, 0) is 0 Å². The SMILES string of the molecule is c1ccc(-c2cc(-c3ccc4c5ccccc5n(-c5nc6ccccc6c6nc7ccccc7n56)c4c3)cc(-c3ccccc3)n2)cc1.c1ccc(-c2cc(-c3ccccc3)nc(-c3ccc4c5ccccc5n(-c5nc6ccccc6c6nc7ccccc7n56)c4c3)c2)cc1.c1ccc(-c2cc(-c3ccccc3)nc(-c3cccc(-c4ccc5c6ccccc6n(-c6nc7ccccc7c7nc8ccccc8n67)c5c4)c3)c2)cc1. The zero-order valence-corrected chi connectivity index (χ0v) is 80.8. The van der Waals surface area contributed by atoms with Crippen molar-refractivity contribution in [3.63, 3.8) is 0 Å². The lowest BCUT2D eigenvalue weighted by Gasteiger charge is -2.13. The van der Waals surface area contributed by atoms with Crippen LogP contribution in [0.1, 0.15) is 0 Å². The Morgan fingerprint density at radius 3 is 0.653 bits per heavy atom. The first-order valence-corrected chi connectivity index (χ1v) is 50.5. The molecular formula is C135H85N15. The van der Waals surface area contributed by atoms with Crippen LogP contribution in [-0.4, -0.2) is 71.8 Å². The summed E-state index contributed by atoms with van der Waals surface area (Å²) >= 11 is 0. The second-order valence-corrected chi connectivity index (χ2v) is 38.0. The molecule has 0 amide bonds. The standard InChI is InChI=1S/C49H31N5.2C43H27N5/c1-3-14-32(15-4-1)37-29-43(33-16-5-2-6-17-33)50-44(30-37)36-19-13-18-34(28-36)35-26-27-39-38-20-8-11-24-45(38)53(47(39)31-35)49-52-41-22-9-7-21-40(41)48-51-42-23-10-12-25-46(42)54(48)49;1-3-13-28(14-4-1)37-25-31(26-38(44-37)29-15-5-2-6-16-29)30-23-24-33-32-17-8-11-21-39(32)47(41(33)27-30)43-46-35-19-9-7-18-34(35)42-45-36-20-10-12-22-40(36)48(42)43;1-3-13-28(14-4-1)31-25-37(29-15-5-2-6-16-29)44-38(26-31)30-23-24-33-32-17-8-11-21-39(32)47(41(33)27-30)43-46-35-19-9-7-18-34(35)42-45-36-20-10-12-22-40(36)48(42)43/h1-31H;2*1-27H. The minimum absolute atomic E-state index is 0.803. The number of hydrogen-bond acceptors (Lipinski definition) is 9. The van der Waals surface area contributed by atoms with Gasteiger partial charge in [0.05, 0.1) is 117 Å². The van der Waals surface area contributed by atoms with Gasteiger partial charge in [0.15, 0.2) is 0 Å². The van der Waals surface area contributed by atoms with Crippen molar-refractivity contribution in [2.75, 3.05) is 0 Å². The summed E-state index contributed by atoms with van der Waals surface area (Å²) in [7, 11) is 0. The number of pyridine rings is 3. The van der Waals surface area contributed by atoms with Crippen LogP contribution in [0, 0.1) is 0 Å². The molecule has 700 valence electrons. The number of aromatic nitrogens is 15. The van der Waals surface area contributed by atoms with Gasteiger partial charge in [-0.3, -0.25) is 26.9 Å². The van der Waals surface area contributed by atoms with E-state index in [-0.39, 0.29) is 0 Å². The Kier molecular flexibility index (Phi) is 20.6. The maximum Gasteiger partial charge on any atom is 0.221 e. The molecule has 31 rings (SSSR count). The van der Waals surface area contributed by atoms with Crippen LogP contribution in [0.4, 0.5) is 0 Å². The molecule has 0 bridgehead atoms. The first kappa shape index (κ1) is 86.2. The van der Waals surface area contributed by atoms with E-state index in [2.05, 4.69) is 482 Å². The van der Waals surface area contributed by atoms with Gasteiger partial charge in [0.1, 0.15) is 16.9 Å². The average Bonchev–Trinajstić information content (AvgIpc) is 1.56. The highest BCUT2D eigenvalue weighted by Crippen LogP contribution is 2.45. The molecule has 0 N–H and O–H groups in total. The van der Waals surface area contributed by atoms with Gasteiger partial charge in [-0.1, -0.05) is 364 Å². The van der Waals surface area contributed by atoms with Gasteiger partial charge in [0, 0.05) is 81.9 Å². The van der Waals surface area contributed by atoms with E-state index in [1.54, 1.807) is 0 Å². The predicted octanol–water partition coefficient (Wildman–Crippen LogP) is 33.3. The van der Waals surface area contributed by atoms with Crippen LogP contribution in [0.5, 0.6) is 0 Å². The Morgan fingerprint density at radius 2 is 0.327 bits per heavy atom. The van der Waals surface area contributed by atoms with Crippen LogP contribution >= 0.6 is 0 Å². The van der Waals surface area contributed by atoms with Gasteiger partial charge in [-0.05, 0) is 196 Å². The lowest BCUT2D eigenvalue weighted by Crippen LogP contribution is -2.06. The summed E-state index contributed by atoms with van der Waals surface area (Å²) in [4.78, 5) is 47.0. The summed E-state index contributed by atoms with van der Waals surface area (Å²) in [5.41, 5.74) is 38.9. The minimum atomic E-state index is 0.803. The molecule has 15 heteroatoms. The van der Waals surface area contributed by atoms with E-state index in [4.69, 9.17) is 44.9 Å². The molecule has 0 fully saturated rings. The molecule has 0 saturated carbocycles. The van der Waals surface area contributed by atoms with Crippen molar-refractivity contribution >= 4 is 148 Å². The number of hydrogen-bond donors (Lipinski definition) is 0. The van der Waals surface area contributed by atoms with Gasteiger partial charge >= 0.3 is 0 Å². The number of fused-ring (bicyclic) bond motifs is 24. The zero-order chi connectivity index (χ0) is 98.8. The van der Waals surface area contributed by atoms with Gasteiger partial charge in [-0.25, -0.2) is 44.9 Å². The van der Waals surface area contributed by atoms with Gasteiger partial charge < -0.3 is 0 Å². The summed E-state index contributed by atoms with van der Waals surface area (Å²) in [6.45, 7) is 0. The van der Waals surface area contributed by atoms with E-state index >= 15 is 0 Å². The summed E-state index contributed by atoms with van der Waals surface area (Å²) in [6, 6.07) is 180. The summed E-state index contributed by atoms with van der Waals surface area (Å²) in [5, 5.41) is 10.1. The molecule has 31 aromatic rings. The van der Waals surface area contributed by atoms with Crippen LogP contribution in [0.3, 0.4) is 0 Å². The minimum Gasteiger partial charge on any atom is -0.279 e. The molecule has 12 heterocycles. The molecule has 150 heavy (non-hydrogen) atoms. The van der Waals surface area contributed by atoms with Gasteiger partial charge in [-0.15, -0.1) is 0 Å². The lowest BCUT2D eigenvalue weighted by molar-refractivity contribution is 0.979. The molecule has 0 saturated heterocycles. The highest BCUT2D eigenvalue weighted by Gasteiger charge is 2.28. The molecule has 0 atom stereocenters. The summed E-state index contributed by atoms with van der Waals surface area (Å²) < 4.78 is 13.5. The van der Waals surface area contributed by atoms with Crippen molar-refractivity contribution in [3.8, 4) is 130 Å². The van der Waals surface area contributed by atoms with Crippen molar-refractivity contribution in [2.24, 2.45) is 0 Å². The molecule has 12 aromatic heterocycles. The monoisotopic (exact) mass is 1920 g/mol. The fourth-order valence-electron chi connectivity index (χ4n) is 22.0. The van der Waals surface area contributed by atoms with Crippen molar-refractivity contribution in [1.82, 2.24) is 71.8 Å². The van der Waals surface area contributed by atoms with Crippen LogP contribution < -0.4 is 0 Å². The first-order valence-electron chi connectivity index (χ1n) is 50.5. The topological polar surface area (TPSA) is 144 Å². The summed E-state index contributed by atoms with van der Waals surface area (Å²) in [5.74, 6) is 2.42. The highest BCUT2D eigenvalue weighted by atomic mass is 15.3. The molecule has 0 spiro atoms. The smallest absolute Gasteiger partial charge is 0.221 e. The number of rotatable bonds is 13. The number of benzene rings is 19. The van der Waals surface area contributed by atoms with Crippen molar-refractivity contribution in [1.29, 1.82) is 0 Å². The van der Waals surface area contributed by atoms with Gasteiger partial charge in [0.25, 0.3) is 0 Å². The van der Waals surface area contributed by atoms with E-state index in [0.717, 1.165) is 251 Å². The largest absolute Gasteiger partial charge is 0.279 e. The molecule has 0 aliphatic heterocycles. The van der Waals surface area contributed by atoms with Crippen molar-refractivity contribution in [2.45, 2.75) is 0 Å². The van der Waals surface area contributed by atoms with Crippen LogP contribution in [0.2, 0.25) is 0 Å². The predicted molar refractivity (Wildman–Crippen MR) is 615 cm³/mol. The van der Waals surface area contributed by atoms with E-state index in [0.29, 0.717) is 0 Å². The second kappa shape index (κ2) is 35.8. The third-order valence-electron chi connectivity index (χ3n) is 29.1. The van der Waals surface area contributed by atoms with E-state index in [1.165, 1.54) is 26.9 Å². The number of imidazole rings is 3. The van der Waals surface area contributed by atoms with Crippen LogP contribution in [0.15, 0.2) is 516 Å². The average molecular weight is 1920 g/mol.